The van der Waals surface area contributed by atoms with Gasteiger partial charge in [-0.15, -0.1) is 0 Å². The van der Waals surface area contributed by atoms with Gasteiger partial charge in [0.1, 0.15) is 16.3 Å². The van der Waals surface area contributed by atoms with E-state index in [1.54, 1.807) is 14.0 Å². The van der Waals surface area contributed by atoms with Crippen molar-refractivity contribution < 1.29 is 22.5 Å². The molecule has 1 aromatic heterocycles. The highest BCUT2D eigenvalue weighted by Gasteiger charge is 2.23. The van der Waals surface area contributed by atoms with Gasteiger partial charge in [-0.3, -0.25) is 4.79 Å². The molecule has 0 saturated carbocycles. The minimum absolute atomic E-state index is 0.00259. The van der Waals surface area contributed by atoms with Crippen molar-refractivity contribution in [2.24, 2.45) is 0 Å². The van der Waals surface area contributed by atoms with Crippen molar-refractivity contribution in [2.75, 3.05) is 20.2 Å². The second-order valence-electron chi connectivity index (χ2n) is 5.75. The summed E-state index contributed by atoms with van der Waals surface area (Å²) < 4.78 is 36.8. The molecule has 0 saturated heterocycles. The molecule has 0 unspecified atom stereocenters. The van der Waals surface area contributed by atoms with E-state index in [0.717, 1.165) is 11.3 Å². The molecule has 0 fully saturated rings. The second-order valence-corrected chi connectivity index (χ2v) is 7.46. The van der Waals surface area contributed by atoms with Crippen LogP contribution in [0.15, 0.2) is 33.7 Å². The average molecular weight is 381 g/mol. The third-order valence-corrected chi connectivity index (χ3v) is 5.46. The lowest BCUT2D eigenvalue weighted by Gasteiger charge is -2.08. The first kappa shape index (κ1) is 19.9. The number of methoxy groups -OCH3 is 1. The molecule has 26 heavy (non-hydrogen) atoms. The molecule has 0 spiro atoms. The number of nitrogens with one attached hydrogen (secondary N) is 2. The largest absolute Gasteiger partial charge is 0.497 e. The molecule has 142 valence electrons. The number of aromatic nitrogens is 1. The van der Waals surface area contributed by atoms with Crippen molar-refractivity contribution in [3.05, 3.63) is 41.3 Å². The Morgan fingerprint density at radius 1 is 1.27 bits per heavy atom. The van der Waals surface area contributed by atoms with E-state index in [-0.39, 0.29) is 35.2 Å². The van der Waals surface area contributed by atoms with Crippen LogP contribution in [0.2, 0.25) is 0 Å². The van der Waals surface area contributed by atoms with E-state index in [1.165, 1.54) is 6.92 Å². The second kappa shape index (κ2) is 8.81. The van der Waals surface area contributed by atoms with Gasteiger partial charge in [0.15, 0.2) is 5.76 Å². The summed E-state index contributed by atoms with van der Waals surface area (Å²) in [6, 6.07) is 7.60. The standard InChI is InChI=1S/C17H23N3O5S/c1-12-17(13(2)25-20-12)26(22,23)19-10-8-16(21)18-9-7-14-5-4-6-15(11-14)24-3/h4-6,11,19H,7-10H2,1-3H3,(H,18,21). The maximum Gasteiger partial charge on any atom is 0.245 e. The highest BCUT2D eigenvalue weighted by molar-refractivity contribution is 7.89. The van der Waals surface area contributed by atoms with Gasteiger partial charge in [-0.1, -0.05) is 17.3 Å². The summed E-state index contributed by atoms with van der Waals surface area (Å²) >= 11 is 0. The quantitative estimate of drug-likeness (QED) is 0.678. The monoisotopic (exact) mass is 381 g/mol. The van der Waals surface area contributed by atoms with E-state index in [9.17, 15) is 13.2 Å². The Balaban J connectivity index is 1.75. The smallest absolute Gasteiger partial charge is 0.245 e. The van der Waals surface area contributed by atoms with E-state index in [2.05, 4.69) is 15.2 Å². The summed E-state index contributed by atoms with van der Waals surface area (Å²) in [5, 5.41) is 6.39. The molecule has 1 aromatic carbocycles. The Labute approximate surface area is 153 Å². The third-order valence-electron chi connectivity index (χ3n) is 3.75. The van der Waals surface area contributed by atoms with Gasteiger partial charge >= 0.3 is 0 Å². The zero-order valence-corrected chi connectivity index (χ0v) is 15.9. The molecule has 0 aliphatic heterocycles. The van der Waals surface area contributed by atoms with Crippen LogP contribution in [-0.2, 0) is 21.2 Å². The molecule has 1 amide bonds. The van der Waals surface area contributed by atoms with Crippen LogP contribution in [0, 0.1) is 13.8 Å². The average Bonchev–Trinajstić information content (AvgIpc) is 2.94. The highest BCUT2D eigenvalue weighted by atomic mass is 32.2. The van der Waals surface area contributed by atoms with Crippen molar-refractivity contribution in [1.82, 2.24) is 15.2 Å². The van der Waals surface area contributed by atoms with Gasteiger partial charge in [0.2, 0.25) is 15.9 Å². The third kappa shape index (κ3) is 5.30. The molecule has 8 nitrogen and oxygen atoms in total. The van der Waals surface area contributed by atoms with Crippen LogP contribution in [0.3, 0.4) is 0 Å². The summed E-state index contributed by atoms with van der Waals surface area (Å²) in [6.45, 7) is 3.54. The molecule has 0 atom stereocenters. The summed E-state index contributed by atoms with van der Waals surface area (Å²) in [5.41, 5.74) is 1.33. The highest BCUT2D eigenvalue weighted by Crippen LogP contribution is 2.18. The Bertz CT molecular complexity index is 842. The number of carbonyl (C=O) groups excluding carboxylic acids is 1. The summed E-state index contributed by atoms with van der Waals surface area (Å²) in [6.07, 6.45) is 0.703. The molecule has 2 N–H and O–H groups in total. The zero-order valence-electron chi connectivity index (χ0n) is 15.0. The van der Waals surface area contributed by atoms with E-state index < -0.39 is 10.0 Å². The topological polar surface area (TPSA) is 111 Å². The Morgan fingerprint density at radius 3 is 2.69 bits per heavy atom. The lowest BCUT2D eigenvalue weighted by Crippen LogP contribution is -2.32. The van der Waals surface area contributed by atoms with Crippen molar-refractivity contribution >= 4 is 15.9 Å². The summed E-state index contributed by atoms with van der Waals surface area (Å²) in [4.78, 5) is 11.9. The van der Waals surface area contributed by atoms with Crippen LogP contribution >= 0.6 is 0 Å². The number of ether oxygens (including phenoxy) is 1. The maximum absolute atomic E-state index is 12.2. The summed E-state index contributed by atoms with van der Waals surface area (Å²) in [5.74, 6) is 0.759. The number of nitrogens with zero attached hydrogens (tertiary/aromatic N) is 1. The van der Waals surface area contributed by atoms with Crippen LogP contribution in [-0.4, -0.2) is 39.7 Å². The van der Waals surface area contributed by atoms with E-state index in [1.807, 2.05) is 24.3 Å². The minimum atomic E-state index is -3.75. The first-order valence-electron chi connectivity index (χ1n) is 8.15. The Hall–Kier alpha value is -2.39. The molecule has 2 rings (SSSR count). The molecule has 0 bridgehead atoms. The van der Waals surface area contributed by atoms with Crippen molar-refractivity contribution in [1.29, 1.82) is 0 Å². The first-order chi connectivity index (χ1) is 12.3. The number of hydrogen-bond acceptors (Lipinski definition) is 6. The lowest BCUT2D eigenvalue weighted by atomic mass is 10.1. The van der Waals surface area contributed by atoms with E-state index in [0.29, 0.717) is 13.0 Å². The van der Waals surface area contributed by atoms with Crippen LogP contribution in [0.5, 0.6) is 5.75 Å². The number of sulfonamides is 1. The predicted octanol–water partition coefficient (Wildman–Crippen LogP) is 1.33. The van der Waals surface area contributed by atoms with Crippen LogP contribution in [0.4, 0.5) is 0 Å². The number of carbonyl (C=O) groups is 1. The van der Waals surface area contributed by atoms with E-state index in [4.69, 9.17) is 9.26 Å². The maximum atomic E-state index is 12.2. The molecule has 0 aliphatic carbocycles. The Morgan fingerprint density at radius 2 is 2.04 bits per heavy atom. The van der Waals surface area contributed by atoms with E-state index >= 15 is 0 Å². The fraction of sp³-hybridized carbons (Fsp3) is 0.412. The van der Waals surface area contributed by atoms with Crippen LogP contribution < -0.4 is 14.8 Å². The normalized spacial score (nSPS) is 11.3. The SMILES string of the molecule is COc1cccc(CCNC(=O)CCNS(=O)(=O)c2c(C)noc2C)c1. The Kier molecular flexibility index (Phi) is 6.76. The van der Waals surface area contributed by atoms with Crippen LogP contribution in [0.25, 0.3) is 0 Å². The fourth-order valence-corrected chi connectivity index (χ4v) is 3.85. The predicted molar refractivity (Wildman–Crippen MR) is 95.5 cm³/mol. The fourth-order valence-electron chi connectivity index (χ4n) is 2.49. The molecule has 0 radical (unpaired) electrons. The van der Waals surface area contributed by atoms with Gasteiger partial charge in [-0.25, -0.2) is 13.1 Å². The number of hydrogen-bond donors (Lipinski definition) is 2. The van der Waals surface area contributed by atoms with Crippen molar-refractivity contribution in [2.45, 2.75) is 31.6 Å². The van der Waals surface area contributed by atoms with Crippen LogP contribution in [0.1, 0.15) is 23.4 Å². The zero-order chi connectivity index (χ0) is 19.2. The van der Waals surface area contributed by atoms with Gasteiger partial charge in [0, 0.05) is 19.5 Å². The number of benzene rings is 1. The number of aryl methyl sites for hydroxylation is 2. The molecule has 2 aromatic rings. The number of rotatable bonds is 9. The lowest BCUT2D eigenvalue weighted by molar-refractivity contribution is -0.120. The molecule has 9 heteroatoms. The minimum Gasteiger partial charge on any atom is -0.497 e. The van der Waals surface area contributed by atoms with Gasteiger partial charge in [0.25, 0.3) is 0 Å². The van der Waals surface area contributed by atoms with Gasteiger partial charge in [-0.05, 0) is 38.0 Å². The van der Waals surface area contributed by atoms with Gasteiger partial charge in [-0.2, -0.15) is 0 Å². The molecular formula is C17H23N3O5S. The molecule has 1 heterocycles. The molecule has 0 aliphatic rings. The van der Waals surface area contributed by atoms with Gasteiger partial charge in [0.05, 0.1) is 7.11 Å². The van der Waals surface area contributed by atoms with Crippen molar-refractivity contribution in [3.8, 4) is 5.75 Å². The first-order valence-corrected chi connectivity index (χ1v) is 9.64. The summed E-state index contributed by atoms with van der Waals surface area (Å²) in [7, 11) is -2.14. The van der Waals surface area contributed by atoms with Crippen molar-refractivity contribution in [3.63, 3.8) is 0 Å². The molecular weight excluding hydrogens is 358 g/mol. The number of amides is 1. The van der Waals surface area contributed by atoms with Gasteiger partial charge < -0.3 is 14.6 Å².